The molecule has 4 heteroatoms. The van der Waals surface area contributed by atoms with Gasteiger partial charge < -0.3 is 20.3 Å². The first kappa shape index (κ1) is 16.0. The average molecular weight is 267 g/mol. The van der Waals surface area contributed by atoms with Crippen LogP contribution in [-0.4, -0.2) is 42.1 Å². The van der Waals surface area contributed by atoms with Crippen molar-refractivity contribution in [3.8, 4) is 5.75 Å². The van der Waals surface area contributed by atoms with Crippen molar-refractivity contribution in [2.24, 2.45) is 0 Å². The Labute approximate surface area is 115 Å². The molecule has 0 amide bonds. The Morgan fingerprint density at radius 1 is 1.16 bits per heavy atom. The molecule has 0 saturated heterocycles. The Bertz CT molecular complexity index is 382. The molecule has 3 N–H and O–H groups in total. The summed E-state index contributed by atoms with van der Waals surface area (Å²) in [6, 6.07) is 5.97. The summed E-state index contributed by atoms with van der Waals surface area (Å²) in [5, 5.41) is 22.2. The highest BCUT2D eigenvalue weighted by atomic mass is 16.5. The number of aliphatic hydroxyl groups is 2. The molecule has 2 unspecified atom stereocenters. The number of rotatable bonds is 8. The standard InChI is InChI=1S/C15H25NO3/c1-4-13(17)8-16-9-14(18)10-19-15-6-5-11(2)7-12(15)3/h5-7,13-14,16-18H,4,8-10H2,1-3H3. The average Bonchev–Trinajstić information content (AvgIpc) is 2.37. The second-order valence-corrected chi connectivity index (χ2v) is 4.95. The highest BCUT2D eigenvalue weighted by Crippen LogP contribution is 2.18. The fourth-order valence-corrected chi connectivity index (χ4v) is 1.77. The Hall–Kier alpha value is -1.10. The number of nitrogens with one attached hydrogen (secondary N) is 1. The molecule has 0 fully saturated rings. The van der Waals surface area contributed by atoms with Gasteiger partial charge in [-0.15, -0.1) is 0 Å². The van der Waals surface area contributed by atoms with Gasteiger partial charge in [0.25, 0.3) is 0 Å². The first-order valence-corrected chi connectivity index (χ1v) is 6.79. The molecule has 19 heavy (non-hydrogen) atoms. The molecular weight excluding hydrogens is 242 g/mol. The number of aliphatic hydroxyl groups excluding tert-OH is 2. The summed E-state index contributed by atoms with van der Waals surface area (Å²) < 4.78 is 5.58. The first-order chi connectivity index (χ1) is 9.02. The highest BCUT2D eigenvalue weighted by Gasteiger charge is 2.07. The number of aryl methyl sites for hydroxylation is 2. The van der Waals surface area contributed by atoms with E-state index in [9.17, 15) is 10.2 Å². The molecule has 1 aromatic carbocycles. The minimum atomic E-state index is -0.579. The zero-order valence-corrected chi connectivity index (χ0v) is 12.0. The number of hydrogen-bond acceptors (Lipinski definition) is 4. The molecule has 0 aliphatic heterocycles. The molecule has 0 saturated carbocycles. The summed E-state index contributed by atoms with van der Waals surface area (Å²) in [6.07, 6.45) is -0.223. The lowest BCUT2D eigenvalue weighted by atomic mass is 10.1. The van der Waals surface area contributed by atoms with E-state index in [1.165, 1.54) is 5.56 Å². The van der Waals surface area contributed by atoms with Crippen molar-refractivity contribution in [2.75, 3.05) is 19.7 Å². The van der Waals surface area contributed by atoms with E-state index in [1.54, 1.807) is 0 Å². The maximum atomic E-state index is 9.77. The van der Waals surface area contributed by atoms with Crippen LogP contribution < -0.4 is 10.1 Å². The zero-order chi connectivity index (χ0) is 14.3. The lowest BCUT2D eigenvalue weighted by molar-refractivity contribution is 0.0989. The normalized spacial score (nSPS) is 14.2. The van der Waals surface area contributed by atoms with Crippen LogP contribution in [0.2, 0.25) is 0 Å². The van der Waals surface area contributed by atoms with Gasteiger partial charge in [-0.3, -0.25) is 0 Å². The van der Waals surface area contributed by atoms with Gasteiger partial charge in [-0.2, -0.15) is 0 Å². The molecule has 0 aliphatic carbocycles. The lowest BCUT2D eigenvalue weighted by Crippen LogP contribution is -2.35. The van der Waals surface area contributed by atoms with Gasteiger partial charge >= 0.3 is 0 Å². The van der Waals surface area contributed by atoms with Crippen LogP contribution in [0.5, 0.6) is 5.75 Å². The molecule has 0 aromatic heterocycles. The minimum absolute atomic E-state index is 0.249. The first-order valence-electron chi connectivity index (χ1n) is 6.79. The second kappa shape index (κ2) is 8.15. The van der Waals surface area contributed by atoms with E-state index in [2.05, 4.69) is 11.4 Å². The quantitative estimate of drug-likeness (QED) is 0.666. The fraction of sp³-hybridized carbons (Fsp3) is 0.600. The molecular formula is C15H25NO3. The van der Waals surface area contributed by atoms with E-state index in [1.807, 2.05) is 32.9 Å². The van der Waals surface area contributed by atoms with Gasteiger partial charge in [0.2, 0.25) is 0 Å². The van der Waals surface area contributed by atoms with Gasteiger partial charge in [0.05, 0.1) is 6.10 Å². The van der Waals surface area contributed by atoms with Gasteiger partial charge in [0.15, 0.2) is 0 Å². The molecule has 0 aliphatic rings. The van der Waals surface area contributed by atoms with Gasteiger partial charge in [-0.1, -0.05) is 24.6 Å². The maximum absolute atomic E-state index is 9.77. The number of ether oxygens (including phenoxy) is 1. The second-order valence-electron chi connectivity index (χ2n) is 4.95. The third-order valence-electron chi connectivity index (χ3n) is 2.99. The number of benzene rings is 1. The van der Waals surface area contributed by atoms with Gasteiger partial charge in [0, 0.05) is 13.1 Å². The van der Waals surface area contributed by atoms with Gasteiger partial charge in [-0.25, -0.2) is 0 Å². The van der Waals surface area contributed by atoms with Crippen LogP contribution in [0.25, 0.3) is 0 Å². The molecule has 1 aromatic rings. The van der Waals surface area contributed by atoms with E-state index in [4.69, 9.17) is 4.74 Å². The summed E-state index contributed by atoms with van der Waals surface area (Å²) in [6.45, 7) is 7.11. The van der Waals surface area contributed by atoms with Crippen molar-refractivity contribution < 1.29 is 14.9 Å². The van der Waals surface area contributed by atoms with E-state index in [0.717, 1.165) is 11.3 Å². The Morgan fingerprint density at radius 3 is 2.47 bits per heavy atom. The van der Waals surface area contributed by atoms with Crippen LogP contribution in [0, 0.1) is 13.8 Å². The van der Waals surface area contributed by atoms with Gasteiger partial charge in [0.1, 0.15) is 18.5 Å². The topological polar surface area (TPSA) is 61.7 Å². The molecule has 108 valence electrons. The predicted molar refractivity (Wildman–Crippen MR) is 76.6 cm³/mol. The van der Waals surface area contributed by atoms with E-state index in [-0.39, 0.29) is 12.7 Å². The van der Waals surface area contributed by atoms with Crippen molar-refractivity contribution in [2.45, 2.75) is 39.4 Å². The van der Waals surface area contributed by atoms with Crippen molar-refractivity contribution in [1.82, 2.24) is 5.32 Å². The monoisotopic (exact) mass is 267 g/mol. The molecule has 0 radical (unpaired) electrons. The number of hydrogen-bond donors (Lipinski definition) is 3. The maximum Gasteiger partial charge on any atom is 0.122 e. The molecule has 2 atom stereocenters. The Balaban J connectivity index is 2.28. The largest absolute Gasteiger partial charge is 0.491 e. The van der Waals surface area contributed by atoms with Crippen LogP contribution in [0.15, 0.2) is 18.2 Å². The summed E-state index contributed by atoms with van der Waals surface area (Å²) in [5.41, 5.74) is 2.27. The molecule has 4 nitrogen and oxygen atoms in total. The predicted octanol–water partition coefficient (Wildman–Crippen LogP) is 1.40. The molecule has 0 spiro atoms. The van der Waals surface area contributed by atoms with Crippen molar-refractivity contribution in [1.29, 1.82) is 0 Å². The van der Waals surface area contributed by atoms with Gasteiger partial charge in [-0.05, 0) is 31.9 Å². The summed E-state index contributed by atoms with van der Waals surface area (Å²) in [4.78, 5) is 0. The third-order valence-corrected chi connectivity index (χ3v) is 2.99. The summed E-state index contributed by atoms with van der Waals surface area (Å²) >= 11 is 0. The smallest absolute Gasteiger partial charge is 0.122 e. The van der Waals surface area contributed by atoms with Crippen LogP contribution in [-0.2, 0) is 0 Å². The molecule has 1 rings (SSSR count). The van der Waals surface area contributed by atoms with Crippen molar-refractivity contribution in [3.05, 3.63) is 29.3 Å². The fourth-order valence-electron chi connectivity index (χ4n) is 1.77. The molecule has 0 bridgehead atoms. The minimum Gasteiger partial charge on any atom is -0.491 e. The Kier molecular flexibility index (Phi) is 6.84. The Morgan fingerprint density at radius 2 is 1.84 bits per heavy atom. The zero-order valence-electron chi connectivity index (χ0n) is 12.0. The highest BCUT2D eigenvalue weighted by molar-refractivity contribution is 5.35. The van der Waals surface area contributed by atoms with E-state index < -0.39 is 6.10 Å². The SMILES string of the molecule is CCC(O)CNCC(O)COc1ccc(C)cc1C. The van der Waals surface area contributed by atoms with Crippen LogP contribution in [0.3, 0.4) is 0 Å². The summed E-state index contributed by atoms with van der Waals surface area (Å²) in [5.74, 6) is 0.804. The van der Waals surface area contributed by atoms with E-state index >= 15 is 0 Å². The van der Waals surface area contributed by atoms with Crippen molar-refractivity contribution >= 4 is 0 Å². The lowest BCUT2D eigenvalue weighted by Gasteiger charge is -2.16. The van der Waals surface area contributed by atoms with Crippen LogP contribution in [0.1, 0.15) is 24.5 Å². The van der Waals surface area contributed by atoms with Crippen molar-refractivity contribution in [3.63, 3.8) is 0 Å². The van der Waals surface area contributed by atoms with Crippen LogP contribution >= 0.6 is 0 Å². The molecule has 0 heterocycles. The van der Waals surface area contributed by atoms with E-state index in [0.29, 0.717) is 19.5 Å². The summed E-state index contributed by atoms with van der Waals surface area (Å²) in [7, 11) is 0. The van der Waals surface area contributed by atoms with Crippen LogP contribution in [0.4, 0.5) is 0 Å². The third kappa shape index (κ3) is 6.05.